The van der Waals surface area contributed by atoms with Crippen molar-refractivity contribution in [2.75, 3.05) is 19.6 Å². The molecule has 132 valence electrons. The first-order chi connectivity index (χ1) is 12.1. The molecule has 3 aromatic rings. The number of hydrogen-bond acceptors (Lipinski definition) is 5. The van der Waals surface area contributed by atoms with E-state index in [1.807, 2.05) is 12.1 Å². The summed E-state index contributed by atoms with van der Waals surface area (Å²) in [6.07, 6.45) is -0.245. The lowest BCUT2D eigenvalue weighted by Gasteiger charge is -2.20. The van der Waals surface area contributed by atoms with Crippen molar-refractivity contribution in [2.45, 2.75) is 13.8 Å². The third kappa shape index (κ3) is 3.47. The van der Waals surface area contributed by atoms with Crippen molar-refractivity contribution in [2.24, 2.45) is 0 Å². The summed E-state index contributed by atoms with van der Waals surface area (Å²) >= 11 is 0. The molecule has 0 atom stereocenters. The van der Waals surface area contributed by atoms with Gasteiger partial charge in [-0.3, -0.25) is 9.36 Å². The number of para-hydroxylation sites is 2. The topological polar surface area (TPSA) is 66.8 Å². The predicted octanol–water partition coefficient (Wildman–Crippen LogP) is 3.81. The second-order valence-corrected chi connectivity index (χ2v) is 7.36. The van der Waals surface area contributed by atoms with E-state index in [1.165, 1.54) is 4.73 Å². The molecular formula is C18H20NO5P. The molecular weight excluding hydrogens is 341 g/mol. The van der Waals surface area contributed by atoms with Crippen molar-refractivity contribution < 1.29 is 18.5 Å². The second-order valence-electron chi connectivity index (χ2n) is 5.36. The number of pyridine rings is 1. The van der Waals surface area contributed by atoms with Gasteiger partial charge in [0.15, 0.2) is 5.43 Å². The van der Waals surface area contributed by atoms with Crippen LogP contribution in [0.25, 0.3) is 21.8 Å². The lowest BCUT2D eigenvalue weighted by Crippen LogP contribution is -2.20. The lowest BCUT2D eigenvalue weighted by atomic mass is 10.1. The molecule has 0 bridgehead atoms. The van der Waals surface area contributed by atoms with Crippen LogP contribution >= 0.6 is 7.60 Å². The maximum absolute atomic E-state index is 12.7. The van der Waals surface area contributed by atoms with E-state index < -0.39 is 7.60 Å². The molecule has 0 aliphatic rings. The number of nitrogens with zero attached hydrogens (tertiary/aromatic N) is 1. The standard InChI is InChI=1S/C18H20NO5P/c1-3-23-25(21,24-4-2)13-22-19-16-11-7-5-9-14(16)18(20)15-10-6-8-12-17(15)19/h5-12H,3-4,13H2,1-2H3. The van der Waals surface area contributed by atoms with Crippen LogP contribution in [0.5, 0.6) is 0 Å². The van der Waals surface area contributed by atoms with Crippen LogP contribution in [0.3, 0.4) is 0 Å². The van der Waals surface area contributed by atoms with Crippen molar-refractivity contribution in [3.63, 3.8) is 0 Å². The van der Waals surface area contributed by atoms with Crippen LogP contribution in [0, 0.1) is 0 Å². The molecule has 0 radical (unpaired) electrons. The van der Waals surface area contributed by atoms with Gasteiger partial charge in [-0.05, 0) is 38.1 Å². The molecule has 0 saturated carbocycles. The molecule has 0 aliphatic carbocycles. The van der Waals surface area contributed by atoms with Crippen LogP contribution < -0.4 is 10.3 Å². The van der Waals surface area contributed by atoms with Crippen molar-refractivity contribution >= 4 is 29.4 Å². The van der Waals surface area contributed by atoms with Gasteiger partial charge in [-0.2, -0.15) is 4.73 Å². The minimum atomic E-state index is -3.37. The smallest absolute Gasteiger partial charge is 0.370 e. The largest absolute Gasteiger partial charge is 0.400 e. The summed E-state index contributed by atoms with van der Waals surface area (Å²) in [6, 6.07) is 14.3. The normalized spacial score (nSPS) is 11.9. The minimum absolute atomic E-state index is 0.0659. The van der Waals surface area contributed by atoms with E-state index in [9.17, 15) is 9.36 Å². The zero-order chi connectivity index (χ0) is 17.9. The van der Waals surface area contributed by atoms with Gasteiger partial charge in [0.2, 0.25) is 6.35 Å². The summed E-state index contributed by atoms with van der Waals surface area (Å²) in [5.74, 6) is 0. The number of hydrogen-bond donors (Lipinski definition) is 0. The van der Waals surface area contributed by atoms with Crippen LogP contribution in [0.1, 0.15) is 13.8 Å². The first-order valence-corrected chi connectivity index (χ1v) is 9.86. The first-order valence-electron chi connectivity index (χ1n) is 8.13. The first kappa shape index (κ1) is 17.7. The Morgan fingerprint density at radius 3 is 1.84 bits per heavy atom. The van der Waals surface area contributed by atoms with Crippen LogP contribution in [0.4, 0.5) is 0 Å². The van der Waals surface area contributed by atoms with Crippen LogP contribution in [0.2, 0.25) is 0 Å². The van der Waals surface area contributed by atoms with Gasteiger partial charge in [0.1, 0.15) is 0 Å². The second kappa shape index (κ2) is 7.40. The fraction of sp³-hybridized carbons (Fsp3) is 0.278. The van der Waals surface area contributed by atoms with Crippen LogP contribution in [0.15, 0.2) is 53.3 Å². The number of fused-ring (bicyclic) bond motifs is 2. The third-order valence-corrected chi connectivity index (χ3v) is 5.47. The summed E-state index contributed by atoms with van der Waals surface area (Å²) in [5.41, 5.74) is 1.14. The monoisotopic (exact) mass is 361 g/mol. The average molecular weight is 361 g/mol. The van der Waals surface area contributed by atoms with Gasteiger partial charge in [-0.25, -0.2) is 0 Å². The molecule has 0 spiro atoms. The average Bonchev–Trinajstić information content (AvgIpc) is 2.62. The Labute approximate surface area is 145 Å². The van der Waals surface area contributed by atoms with Gasteiger partial charge in [0, 0.05) is 10.8 Å². The zero-order valence-electron chi connectivity index (χ0n) is 14.2. The highest BCUT2D eigenvalue weighted by atomic mass is 31.2. The summed E-state index contributed by atoms with van der Waals surface area (Å²) in [6.45, 7) is 4.00. The van der Waals surface area contributed by atoms with E-state index in [0.717, 1.165) is 0 Å². The highest BCUT2D eigenvalue weighted by Gasteiger charge is 2.26. The van der Waals surface area contributed by atoms with Gasteiger partial charge in [-0.1, -0.05) is 24.3 Å². The summed E-state index contributed by atoms with van der Waals surface area (Å²) in [7, 11) is -3.37. The Kier molecular flexibility index (Phi) is 5.23. The summed E-state index contributed by atoms with van der Waals surface area (Å²) in [4.78, 5) is 18.5. The molecule has 0 aliphatic heterocycles. The fourth-order valence-electron chi connectivity index (χ4n) is 2.73. The lowest BCUT2D eigenvalue weighted by molar-refractivity contribution is 0.128. The molecule has 0 unspecified atom stereocenters. The van der Waals surface area contributed by atoms with Crippen molar-refractivity contribution in [3.8, 4) is 0 Å². The highest BCUT2D eigenvalue weighted by Crippen LogP contribution is 2.47. The Balaban J connectivity index is 2.12. The molecule has 0 saturated heterocycles. The molecule has 1 heterocycles. The van der Waals surface area contributed by atoms with E-state index in [1.54, 1.807) is 50.2 Å². The maximum atomic E-state index is 12.7. The SMILES string of the molecule is CCOP(=O)(COn1c2ccccc2c(=O)c2ccccc21)OCC. The molecule has 1 aromatic heterocycles. The molecule has 2 aromatic carbocycles. The summed E-state index contributed by atoms with van der Waals surface area (Å²) < 4.78 is 24.8. The van der Waals surface area contributed by atoms with Gasteiger partial charge in [0.05, 0.1) is 24.2 Å². The maximum Gasteiger partial charge on any atom is 0.370 e. The molecule has 0 amide bonds. The number of benzene rings is 2. The Bertz CT molecular complexity index is 928. The molecule has 0 N–H and O–H groups in total. The van der Waals surface area contributed by atoms with Gasteiger partial charge in [-0.15, -0.1) is 0 Å². The minimum Gasteiger partial charge on any atom is -0.400 e. The third-order valence-electron chi connectivity index (χ3n) is 3.73. The predicted molar refractivity (Wildman–Crippen MR) is 98.0 cm³/mol. The van der Waals surface area contributed by atoms with Crippen molar-refractivity contribution in [1.29, 1.82) is 0 Å². The quantitative estimate of drug-likeness (QED) is 0.473. The Morgan fingerprint density at radius 2 is 1.36 bits per heavy atom. The van der Waals surface area contributed by atoms with E-state index in [0.29, 0.717) is 21.8 Å². The van der Waals surface area contributed by atoms with E-state index in [-0.39, 0.29) is 25.0 Å². The van der Waals surface area contributed by atoms with Gasteiger partial charge in [0.25, 0.3) is 0 Å². The van der Waals surface area contributed by atoms with Crippen molar-refractivity contribution in [3.05, 3.63) is 58.8 Å². The van der Waals surface area contributed by atoms with E-state index in [2.05, 4.69) is 0 Å². The van der Waals surface area contributed by atoms with Gasteiger partial charge >= 0.3 is 7.60 Å². The fourth-order valence-corrected chi connectivity index (χ4v) is 4.00. The molecule has 6 nitrogen and oxygen atoms in total. The molecule has 3 rings (SSSR count). The Hall–Kier alpha value is -2.14. The molecule has 25 heavy (non-hydrogen) atoms. The molecule has 7 heteroatoms. The van der Waals surface area contributed by atoms with Crippen LogP contribution in [-0.2, 0) is 13.6 Å². The van der Waals surface area contributed by atoms with Gasteiger partial charge < -0.3 is 13.9 Å². The molecule has 0 fully saturated rings. The zero-order valence-corrected chi connectivity index (χ0v) is 15.1. The van der Waals surface area contributed by atoms with E-state index >= 15 is 0 Å². The number of rotatable bonds is 7. The highest BCUT2D eigenvalue weighted by molar-refractivity contribution is 7.53. The summed E-state index contributed by atoms with van der Waals surface area (Å²) in [5, 5.41) is 1.06. The van der Waals surface area contributed by atoms with Crippen molar-refractivity contribution in [1.82, 2.24) is 4.73 Å². The Morgan fingerprint density at radius 1 is 0.880 bits per heavy atom. The van der Waals surface area contributed by atoms with E-state index in [4.69, 9.17) is 13.9 Å². The van der Waals surface area contributed by atoms with Crippen LogP contribution in [-0.4, -0.2) is 24.3 Å². The number of aromatic nitrogens is 1.